The van der Waals surface area contributed by atoms with Gasteiger partial charge in [0.2, 0.25) is 11.7 Å². The normalized spacial score (nSPS) is 16.1. The van der Waals surface area contributed by atoms with E-state index < -0.39 is 5.41 Å². The van der Waals surface area contributed by atoms with Gasteiger partial charge >= 0.3 is 0 Å². The summed E-state index contributed by atoms with van der Waals surface area (Å²) in [5.41, 5.74) is 0.126. The molecule has 2 heterocycles. The van der Waals surface area contributed by atoms with E-state index in [0.717, 1.165) is 12.8 Å². The van der Waals surface area contributed by atoms with Gasteiger partial charge in [-0.05, 0) is 25.0 Å². The number of hydrogen-bond acceptors (Lipinski definition) is 5. The quantitative estimate of drug-likeness (QED) is 0.813. The first-order chi connectivity index (χ1) is 9.76. The number of ether oxygens (including phenoxy) is 1. The van der Waals surface area contributed by atoms with Crippen molar-refractivity contribution in [1.29, 1.82) is 0 Å². The molecule has 0 bridgehead atoms. The van der Waals surface area contributed by atoms with Crippen molar-refractivity contribution in [3.05, 3.63) is 30.2 Å². The Bertz CT molecular complexity index is 584. The number of aromatic nitrogens is 1. The lowest BCUT2D eigenvalue weighted by molar-refractivity contribution is -0.123. The average molecular weight is 276 g/mol. The summed E-state index contributed by atoms with van der Waals surface area (Å²) in [6, 6.07) is 5.35. The molecule has 0 radical (unpaired) electrons. The smallest absolute Gasteiger partial charge is 0.232 e. The highest BCUT2D eigenvalue weighted by Crippen LogP contribution is 2.48. The van der Waals surface area contributed by atoms with Gasteiger partial charge in [-0.25, -0.2) is 0 Å². The van der Waals surface area contributed by atoms with Gasteiger partial charge < -0.3 is 19.0 Å². The van der Waals surface area contributed by atoms with E-state index in [1.54, 1.807) is 31.6 Å². The zero-order valence-corrected chi connectivity index (χ0v) is 11.2. The molecule has 1 aliphatic carbocycles. The van der Waals surface area contributed by atoms with Crippen molar-refractivity contribution < 1.29 is 18.5 Å². The molecule has 3 rings (SSSR count). The molecule has 0 unspecified atom stereocenters. The topological polar surface area (TPSA) is 77.5 Å². The highest BCUT2D eigenvalue weighted by atomic mass is 16.5. The lowest BCUT2D eigenvalue weighted by atomic mass is 10.0. The zero-order valence-electron chi connectivity index (χ0n) is 11.2. The minimum atomic E-state index is -0.540. The van der Waals surface area contributed by atoms with Crippen molar-refractivity contribution in [1.82, 2.24) is 10.5 Å². The third-order valence-corrected chi connectivity index (χ3v) is 3.54. The standard InChI is InChI=1S/C14H16N2O4/c1-18-8-6-15-13(17)14(4-5-14)12-9-11(20-16-12)10-3-2-7-19-10/h2-3,7,9H,4-6,8H2,1H3,(H,15,17). The van der Waals surface area contributed by atoms with E-state index in [9.17, 15) is 4.79 Å². The minimum absolute atomic E-state index is 0.0196. The molecular weight excluding hydrogens is 260 g/mol. The van der Waals surface area contributed by atoms with Crippen molar-refractivity contribution in [2.45, 2.75) is 18.3 Å². The zero-order chi connectivity index (χ0) is 14.0. The molecule has 6 heteroatoms. The van der Waals surface area contributed by atoms with E-state index in [1.807, 2.05) is 0 Å². The predicted molar refractivity (Wildman–Crippen MR) is 70.0 cm³/mol. The number of nitrogens with zero attached hydrogens (tertiary/aromatic N) is 1. The number of hydrogen-bond donors (Lipinski definition) is 1. The van der Waals surface area contributed by atoms with Crippen LogP contribution in [0.25, 0.3) is 11.5 Å². The molecule has 0 aromatic carbocycles. The van der Waals surface area contributed by atoms with Gasteiger partial charge in [0.25, 0.3) is 0 Å². The first kappa shape index (κ1) is 12.9. The summed E-state index contributed by atoms with van der Waals surface area (Å²) >= 11 is 0. The summed E-state index contributed by atoms with van der Waals surface area (Å²) in [4.78, 5) is 12.2. The fourth-order valence-corrected chi connectivity index (χ4v) is 2.20. The second kappa shape index (κ2) is 5.13. The molecule has 1 fully saturated rings. The molecule has 0 aliphatic heterocycles. The Balaban J connectivity index is 1.74. The summed E-state index contributed by atoms with van der Waals surface area (Å²) in [7, 11) is 1.60. The summed E-state index contributed by atoms with van der Waals surface area (Å²) in [5.74, 6) is 1.13. The van der Waals surface area contributed by atoms with Crippen molar-refractivity contribution >= 4 is 5.91 Å². The molecule has 2 aromatic rings. The van der Waals surface area contributed by atoms with Crippen LogP contribution < -0.4 is 5.32 Å². The lowest BCUT2D eigenvalue weighted by Crippen LogP contribution is -2.36. The van der Waals surface area contributed by atoms with Crippen LogP contribution in [0.15, 0.2) is 33.4 Å². The maximum Gasteiger partial charge on any atom is 0.232 e. The second-order valence-electron chi connectivity index (χ2n) is 4.88. The third-order valence-electron chi connectivity index (χ3n) is 3.54. The van der Waals surface area contributed by atoms with Crippen LogP contribution in [0.3, 0.4) is 0 Å². The van der Waals surface area contributed by atoms with Crippen LogP contribution in [-0.2, 0) is 14.9 Å². The fourth-order valence-electron chi connectivity index (χ4n) is 2.20. The molecular formula is C14H16N2O4. The molecule has 1 aliphatic rings. The van der Waals surface area contributed by atoms with E-state index in [2.05, 4.69) is 10.5 Å². The third kappa shape index (κ3) is 2.22. The molecule has 1 saturated carbocycles. The van der Waals surface area contributed by atoms with Crippen LogP contribution in [0.5, 0.6) is 0 Å². The van der Waals surface area contributed by atoms with E-state index in [0.29, 0.717) is 30.4 Å². The van der Waals surface area contributed by atoms with Gasteiger partial charge in [-0.3, -0.25) is 4.79 Å². The van der Waals surface area contributed by atoms with E-state index in [4.69, 9.17) is 13.7 Å². The molecule has 0 saturated heterocycles. The Labute approximate surface area is 116 Å². The van der Waals surface area contributed by atoms with Gasteiger partial charge in [-0.2, -0.15) is 0 Å². The van der Waals surface area contributed by atoms with E-state index >= 15 is 0 Å². The Kier molecular flexibility index (Phi) is 3.31. The van der Waals surface area contributed by atoms with Gasteiger partial charge in [0.05, 0.1) is 24.0 Å². The van der Waals surface area contributed by atoms with Gasteiger partial charge in [0.1, 0.15) is 0 Å². The molecule has 1 amide bonds. The van der Waals surface area contributed by atoms with Gasteiger partial charge in [-0.1, -0.05) is 5.16 Å². The number of nitrogens with one attached hydrogen (secondary N) is 1. The number of carbonyl (C=O) groups excluding carboxylic acids is 1. The monoisotopic (exact) mass is 276 g/mol. The Morgan fingerprint density at radius 2 is 2.35 bits per heavy atom. The van der Waals surface area contributed by atoms with Crippen molar-refractivity contribution in [2.24, 2.45) is 0 Å². The lowest BCUT2D eigenvalue weighted by Gasteiger charge is -2.11. The summed E-state index contributed by atoms with van der Waals surface area (Å²) < 4.78 is 15.4. The largest absolute Gasteiger partial charge is 0.461 e. The van der Waals surface area contributed by atoms with Crippen molar-refractivity contribution in [2.75, 3.05) is 20.3 Å². The van der Waals surface area contributed by atoms with E-state index in [1.165, 1.54) is 0 Å². The molecule has 20 heavy (non-hydrogen) atoms. The molecule has 0 atom stereocenters. The maximum atomic E-state index is 12.2. The van der Waals surface area contributed by atoms with E-state index in [-0.39, 0.29) is 5.91 Å². The summed E-state index contributed by atoms with van der Waals surface area (Å²) in [5, 5.41) is 6.89. The molecule has 106 valence electrons. The first-order valence-electron chi connectivity index (χ1n) is 6.54. The Morgan fingerprint density at radius 3 is 3.00 bits per heavy atom. The van der Waals surface area contributed by atoms with Gasteiger partial charge in [0.15, 0.2) is 5.76 Å². The van der Waals surface area contributed by atoms with Crippen LogP contribution in [0.2, 0.25) is 0 Å². The summed E-state index contributed by atoms with van der Waals surface area (Å²) in [6.45, 7) is 0.998. The van der Waals surface area contributed by atoms with Crippen LogP contribution in [0.1, 0.15) is 18.5 Å². The van der Waals surface area contributed by atoms with Crippen LogP contribution in [0, 0.1) is 0 Å². The van der Waals surface area contributed by atoms with Crippen LogP contribution >= 0.6 is 0 Å². The number of furan rings is 1. The molecule has 2 aromatic heterocycles. The molecule has 1 N–H and O–H groups in total. The average Bonchev–Trinajstić information content (AvgIpc) is 2.91. The minimum Gasteiger partial charge on any atom is -0.461 e. The first-order valence-corrected chi connectivity index (χ1v) is 6.54. The second-order valence-corrected chi connectivity index (χ2v) is 4.88. The highest BCUT2D eigenvalue weighted by molar-refractivity contribution is 5.90. The van der Waals surface area contributed by atoms with Gasteiger partial charge in [-0.15, -0.1) is 0 Å². The van der Waals surface area contributed by atoms with Crippen molar-refractivity contribution in [3.8, 4) is 11.5 Å². The van der Waals surface area contributed by atoms with Crippen LogP contribution in [0.4, 0.5) is 0 Å². The number of carbonyl (C=O) groups is 1. The molecule has 6 nitrogen and oxygen atoms in total. The number of amides is 1. The van der Waals surface area contributed by atoms with Crippen LogP contribution in [-0.4, -0.2) is 31.3 Å². The SMILES string of the molecule is COCCNC(=O)C1(c2cc(-c3ccco3)on2)CC1. The Morgan fingerprint density at radius 1 is 1.50 bits per heavy atom. The van der Waals surface area contributed by atoms with Gasteiger partial charge in [0, 0.05) is 19.7 Å². The predicted octanol–water partition coefficient (Wildman–Crippen LogP) is 1.73. The Hall–Kier alpha value is -2.08. The van der Waals surface area contributed by atoms with Crippen molar-refractivity contribution in [3.63, 3.8) is 0 Å². The molecule has 0 spiro atoms. The summed E-state index contributed by atoms with van der Waals surface area (Å²) in [6.07, 6.45) is 3.15. The fraction of sp³-hybridized carbons (Fsp3) is 0.429. The maximum absolute atomic E-state index is 12.2. The number of rotatable bonds is 6. The highest BCUT2D eigenvalue weighted by Gasteiger charge is 2.53. The number of methoxy groups -OCH3 is 1.